The summed E-state index contributed by atoms with van der Waals surface area (Å²) in [5.41, 5.74) is 0.0578. The van der Waals surface area contributed by atoms with Crippen LogP contribution in [0.25, 0.3) is 0 Å². The number of nitrogens with zero attached hydrogens (tertiary/aromatic N) is 2. The summed E-state index contributed by atoms with van der Waals surface area (Å²) in [5.74, 6) is 0.231. The van der Waals surface area contributed by atoms with Gasteiger partial charge in [0.1, 0.15) is 0 Å². The molecular formula is C12H25N3O. The lowest BCUT2D eigenvalue weighted by Crippen LogP contribution is -2.51. The first kappa shape index (κ1) is 13.5. The van der Waals surface area contributed by atoms with Crippen molar-refractivity contribution in [1.82, 2.24) is 15.1 Å². The second-order valence-corrected chi connectivity index (χ2v) is 5.28. The molecule has 0 radical (unpaired) electrons. The molecule has 1 aliphatic heterocycles. The number of rotatable bonds is 4. The normalized spacial score (nSPS) is 18.9. The van der Waals surface area contributed by atoms with Crippen molar-refractivity contribution in [1.29, 1.82) is 0 Å². The van der Waals surface area contributed by atoms with Crippen LogP contribution in [0.15, 0.2) is 0 Å². The van der Waals surface area contributed by atoms with E-state index in [0.717, 1.165) is 32.6 Å². The summed E-state index contributed by atoms with van der Waals surface area (Å²) in [4.78, 5) is 16.1. The van der Waals surface area contributed by atoms with Crippen LogP contribution in [0.3, 0.4) is 0 Å². The van der Waals surface area contributed by atoms with Crippen molar-refractivity contribution in [2.75, 3.05) is 39.8 Å². The summed E-state index contributed by atoms with van der Waals surface area (Å²) in [6, 6.07) is 0. The van der Waals surface area contributed by atoms with Crippen LogP contribution in [-0.4, -0.2) is 61.0 Å². The molecule has 0 aromatic rings. The molecule has 16 heavy (non-hydrogen) atoms. The Bertz CT molecular complexity index is 232. The van der Waals surface area contributed by atoms with E-state index in [1.807, 2.05) is 4.90 Å². The SMILES string of the molecule is CCC(C)(C)NCC(=O)N1CCN(C)CC1. The van der Waals surface area contributed by atoms with Crippen LogP contribution in [0.1, 0.15) is 27.2 Å². The van der Waals surface area contributed by atoms with E-state index < -0.39 is 0 Å². The van der Waals surface area contributed by atoms with Crippen LogP contribution in [0.4, 0.5) is 0 Å². The summed E-state index contributed by atoms with van der Waals surface area (Å²) in [6.07, 6.45) is 1.03. The number of piperazine rings is 1. The number of amides is 1. The van der Waals surface area contributed by atoms with Crippen LogP contribution in [0.2, 0.25) is 0 Å². The molecule has 0 saturated carbocycles. The van der Waals surface area contributed by atoms with E-state index in [-0.39, 0.29) is 11.4 Å². The van der Waals surface area contributed by atoms with Crippen LogP contribution in [0.5, 0.6) is 0 Å². The minimum Gasteiger partial charge on any atom is -0.339 e. The maximum Gasteiger partial charge on any atom is 0.236 e. The van der Waals surface area contributed by atoms with Crippen molar-refractivity contribution in [3.63, 3.8) is 0 Å². The van der Waals surface area contributed by atoms with Gasteiger partial charge in [-0.3, -0.25) is 4.79 Å². The van der Waals surface area contributed by atoms with Crippen LogP contribution in [-0.2, 0) is 4.79 Å². The van der Waals surface area contributed by atoms with Crippen LogP contribution >= 0.6 is 0 Å². The van der Waals surface area contributed by atoms with Gasteiger partial charge in [0, 0.05) is 31.7 Å². The third-order valence-electron chi connectivity index (χ3n) is 3.46. The average molecular weight is 227 g/mol. The number of hydrogen-bond donors (Lipinski definition) is 1. The molecule has 4 nitrogen and oxygen atoms in total. The average Bonchev–Trinajstić information content (AvgIpc) is 2.27. The van der Waals surface area contributed by atoms with E-state index in [4.69, 9.17) is 0 Å². The molecule has 0 bridgehead atoms. The number of hydrogen-bond acceptors (Lipinski definition) is 3. The Hall–Kier alpha value is -0.610. The summed E-state index contributed by atoms with van der Waals surface area (Å²) >= 11 is 0. The van der Waals surface area contributed by atoms with Crippen molar-refractivity contribution >= 4 is 5.91 Å². The van der Waals surface area contributed by atoms with Crippen molar-refractivity contribution in [2.45, 2.75) is 32.7 Å². The van der Waals surface area contributed by atoms with Gasteiger partial charge in [-0.15, -0.1) is 0 Å². The minimum atomic E-state index is 0.0578. The van der Waals surface area contributed by atoms with Crippen molar-refractivity contribution in [2.24, 2.45) is 0 Å². The molecular weight excluding hydrogens is 202 g/mol. The third-order valence-corrected chi connectivity index (χ3v) is 3.46. The maximum absolute atomic E-state index is 11.9. The third kappa shape index (κ3) is 4.10. The van der Waals surface area contributed by atoms with Gasteiger partial charge in [0.2, 0.25) is 5.91 Å². The fourth-order valence-electron chi connectivity index (χ4n) is 1.61. The fourth-order valence-corrected chi connectivity index (χ4v) is 1.61. The smallest absolute Gasteiger partial charge is 0.236 e. The van der Waals surface area contributed by atoms with Gasteiger partial charge in [-0.1, -0.05) is 6.92 Å². The molecule has 1 N–H and O–H groups in total. The first-order valence-electron chi connectivity index (χ1n) is 6.16. The number of likely N-dealkylation sites (N-methyl/N-ethyl adjacent to an activating group) is 1. The Labute approximate surface area is 99.0 Å². The molecule has 1 fully saturated rings. The van der Waals surface area contributed by atoms with Gasteiger partial charge in [0.25, 0.3) is 0 Å². The summed E-state index contributed by atoms with van der Waals surface area (Å²) in [7, 11) is 2.10. The zero-order valence-electron chi connectivity index (χ0n) is 11.0. The topological polar surface area (TPSA) is 35.6 Å². The van der Waals surface area contributed by atoms with E-state index in [1.54, 1.807) is 0 Å². The monoisotopic (exact) mass is 227 g/mol. The lowest BCUT2D eigenvalue weighted by atomic mass is 10.0. The predicted molar refractivity (Wildman–Crippen MR) is 66.4 cm³/mol. The van der Waals surface area contributed by atoms with E-state index in [1.165, 1.54) is 0 Å². The molecule has 1 rings (SSSR count). The first-order valence-corrected chi connectivity index (χ1v) is 6.16. The van der Waals surface area contributed by atoms with Crippen LogP contribution in [0, 0.1) is 0 Å². The lowest BCUT2D eigenvalue weighted by molar-refractivity contribution is -0.132. The molecule has 0 spiro atoms. The molecule has 1 amide bonds. The highest BCUT2D eigenvalue weighted by Gasteiger charge is 2.21. The Morgan fingerprint density at radius 1 is 1.25 bits per heavy atom. The molecule has 0 unspecified atom stereocenters. The van der Waals surface area contributed by atoms with Crippen molar-refractivity contribution in [3.05, 3.63) is 0 Å². The maximum atomic E-state index is 11.9. The molecule has 1 heterocycles. The fraction of sp³-hybridized carbons (Fsp3) is 0.917. The van der Waals surface area contributed by atoms with Gasteiger partial charge in [0.15, 0.2) is 0 Å². The van der Waals surface area contributed by atoms with E-state index >= 15 is 0 Å². The van der Waals surface area contributed by atoms with E-state index in [9.17, 15) is 4.79 Å². The molecule has 0 aromatic heterocycles. The summed E-state index contributed by atoms with van der Waals surface area (Å²) < 4.78 is 0. The molecule has 4 heteroatoms. The largest absolute Gasteiger partial charge is 0.339 e. The second-order valence-electron chi connectivity index (χ2n) is 5.28. The Morgan fingerprint density at radius 2 is 1.81 bits per heavy atom. The van der Waals surface area contributed by atoms with Crippen LogP contribution < -0.4 is 5.32 Å². The minimum absolute atomic E-state index is 0.0578. The number of nitrogens with one attached hydrogen (secondary N) is 1. The highest BCUT2D eigenvalue weighted by atomic mass is 16.2. The molecule has 1 aliphatic rings. The second kappa shape index (κ2) is 5.64. The van der Waals surface area contributed by atoms with Crippen molar-refractivity contribution < 1.29 is 4.79 Å². The van der Waals surface area contributed by atoms with Gasteiger partial charge in [-0.05, 0) is 27.3 Å². The van der Waals surface area contributed by atoms with Gasteiger partial charge in [-0.2, -0.15) is 0 Å². The van der Waals surface area contributed by atoms with Gasteiger partial charge >= 0.3 is 0 Å². The van der Waals surface area contributed by atoms with E-state index in [2.05, 4.69) is 38.0 Å². The van der Waals surface area contributed by atoms with Gasteiger partial charge in [0.05, 0.1) is 6.54 Å². The standard InChI is InChI=1S/C12H25N3O/c1-5-12(2,3)13-10-11(16)15-8-6-14(4)7-9-15/h13H,5-10H2,1-4H3. The molecule has 0 aromatic carbocycles. The quantitative estimate of drug-likeness (QED) is 0.761. The molecule has 0 atom stereocenters. The summed E-state index contributed by atoms with van der Waals surface area (Å²) in [5, 5.41) is 3.31. The lowest BCUT2D eigenvalue weighted by Gasteiger charge is -2.33. The zero-order valence-corrected chi connectivity index (χ0v) is 11.0. The Balaban J connectivity index is 2.30. The highest BCUT2D eigenvalue weighted by Crippen LogP contribution is 2.06. The highest BCUT2D eigenvalue weighted by molar-refractivity contribution is 5.78. The molecule has 0 aliphatic carbocycles. The Kier molecular flexibility index (Phi) is 4.74. The predicted octanol–water partition coefficient (Wildman–Crippen LogP) is 0.539. The zero-order chi connectivity index (χ0) is 12.2. The molecule has 1 saturated heterocycles. The van der Waals surface area contributed by atoms with Gasteiger partial charge < -0.3 is 15.1 Å². The number of carbonyl (C=O) groups excluding carboxylic acids is 1. The van der Waals surface area contributed by atoms with E-state index in [0.29, 0.717) is 6.54 Å². The first-order chi connectivity index (χ1) is 7.44. The van der Waals surface area contributed by atoms with Crippen molar-refractivity contribution in [3.8, 4) is 0 Å². The molecule has 94 valence electrons. The summed E-state index contributed by atoms with van der Waals surface area (Å²) in [6.45, 7) is 10.6. The van der Waals surface area contributed by atoms with Gasteiger partial charge in [-0.25, -0.2) is 0 Å². The Morgan fingerprint density at radius 3 is 2.31 bits per heavy atom. The number of carbonyl (C=O) groups is 1.